The number of carbonyl (C=O) groups excluding carboxylic acids is 1. The molecule has 9 heteroatoms. The second-order valence-electron chi connectivity index (χ2n) is 3.41. The van der Waals surface area contributed by atoms with Crippen molar-refractivity contribution in [1.82, 2.24) is 19.9 Å². The quantitative estimate of drug-likeness (QED) is 0.802. The Morgan fingerprint density at radius 2 is 2.24 bits per heavy atom. The second kappa shape index (κ2) is 5.13. The van der Waals surface area contributed by atoms with E-state index >= 15 is 0 Å². The molecule has 0 atom stereocenters. The summed E-state index contributed by atoms with van der Waals surface area (Å²) in [6.45, 7) is -1.59. The normalized spacial score (nSPS) is 11.6. The number of rotatable bonds is 4. The van der Waals surface area contributed by atoms with Crippen LogP contribution in [0.1, 0.15) is 10.5 Å². The number of aromatic nitrogens is 3. The average Bonchev–Trinajstić information content (AvgIpc) is 2.61. The van der Waals surface area contributed by atoms with E-state index in [0.717, 1.165) is 0 Å². The van der Waals surface area contributed by atoms with Crippen LogP contribution in [0.25, 0.3) is 0 Å². The van der Waals surface area contributed by atoms with Crippen LogP contribution >= 0.6 is 0 Å². The van der Waals surface area contributed by atoms with Crippen molar-refractivity contribution in [2.24, 2.45) is 12.8 Å². The Morgan fingerprint density at radius 1 is 1.59 bits per heavy atom. The van der Waals surface area contributed by atoms with Gasteiger partial charge in [-0.05, 0) is 0 Å². The Hall–Kier alpha value is -1.64. The van der Waals surface area contributed by atoms with Crippen molar-refractivity contribution in [2.45, 2.75) is 6.18 Å². The number of alkyl halides is 3. The maximum atomic E-state index is 12.2. The van der Waals surface area contributed by atoms with Gasteiger partial charge in [0.2, 0.25) is 0 Å². The highest BCUT2D eigenvalue weighted by molar-refractivity contribution is 5.91. The second-order valence-corrected chi connectivity index (χ2v) is 3.41. The first-order valence-corrected chi connectivity index (χ1v) is 4.76. The Bertz CT molecular complexity index is 389. The van der Waals surface area contributed by atoms with Gasteiger partial charge in [-0.2, -0.15) is 13.2 Å². The molecule has 0 aliphatic rings. The van der Waals surface area contributed by atoms with Gasteiger partial charge in [-0.25, -0.2) is 0 Å². The lowest BCUT2D eigenvalue weighted by Gasteiger charge is -2.22. The van der Waals surface area contributed by atoms with Gasteiger partial charge < -0.3 is 10.6 Å². The third-order valence-corrected chi connectivity index (χ3v) is 1.88. The summed E-state index contributed by atoms with van der Waals surface area (Å²) in [6.07, 6.45) is -3.21. The van der Waals surface area contributed by atoms with Crippen LogP contribution in [0.3, 0.4) is 0 Å². The van der Waals surface area contributed by atoms with Crippen molar-refractivity contribution >= 4 is 5.91 Å². The van der Waals surface area contributed by atoms with Crippen LogP contribution in [0.4, 0.5) is 13.2 Å². The van der Waals surface area contributed by atoms with Crippen LogP contribution in [-0.4, -0.2) is 51.6 Å². The summed E-state index contributed by atoms with van der Waals surface area (Å²) in [5.74, 6) is -0.833. The molecule has 0 saturated heterocycles. The molecule has 2 N–H and O–H groups in total. The minimum atomic E-state index is -4.47. The van der Waals surface area contributed by atoms with Gasteiger partial charge in [0.1, 0.15) is 6.54 Å². The first-order valence-electron chi connectivity index (χ1n) is 4.76. The van der Waals surface area contributed by atoms with Crippen molar-refractivity contribution in [3.05, 3.63) is 11.9 Å². The van der Waals surface area contributed by atoms with Crippen LogP contribution in [0.15, 0.2) is 6.20 Å². The number of nitrogens with two attached hydrogens (primary N) is 1. The Labute approximate surface area is 95.2 Å². The van der Waals surface area contributed by atoms with Crippen LogP contribution < -0.4 is 5.73 Å². The molecule has 0 aliphatic carbocycles. The Kier molecular flexibility index (Phi) is 4.05. The fourth-order valence-corrected chi connectivity index (χ4v) is 1.23. The molecule has 0 aromatic carbocycles. The molecule has 1 heterocycles. The van der Waals surface area contributed by atoms with Crippen molar-refractivity contribution in [2.75, 3.05) is 19.6 Å². The lowest BCUT2D eigenvalue weighted by atomic mass is 10.3. The van der Waals surface area contributed by atoms with Crippen molar-refractivity contribution in [3.8, 4) is 0 Å². The molecule has 96 valence electrons. The molecule has 0 bridgehead atoms. The predicted octanol–water partition coefficient (Wildman–Crippen LogP) is -0.222. The van der Waals surface area contributed by atoms with Crippen LogP contribution in [-0.2, 0) is 7.05 Å². The minimum Gasteiger partial charge on any atom is -0.329 e. The minimum absolute atomic E-state index is 0.0535. The number of carbonyl (C=O) groups is 1. The predicted molar refractivity (Wildman–Crippen MR) is 52.0 cm³/mol. The zero-order valence-electron chi connectivity index (χ0n) is 9.11. The van der Waals surface area contributed by atoms with Crippen molar-refractivity contribution in [1.29, 1.82) is 0 Å². The topological polar surface area (TPSA) is 77.0 Å². The maximum Gasteiger partial charge on any atom is 0.406 e. The first-order chi connectivity index (χ1) is 7.83. The number of halogens is 3. The third-order valence-electron chi connectivity index (χ3n) is 1.88. The van der Waals surface area contributed by atoms with Crippen LogP contribution in [0.2, 0.25) is 0 Å². The molecule has 0 aliphatic heterocycles. The molecule has 0 radical (unpaired) electrons. The molecule has 1 amide bonds. The number of hydrogen-bond donors (Lipinski definition) is 1. The summed E-state index contributed by atoms with van der Waals surface area (Å²) in [6, 6.07) is 0. The molecule has 6 nitrogen and oxygen atoms in total. The van der Waals surface area contributed by atoms with E-state index in [1.165, 1.54) is 17.9 Å². The molecule has 0 spiro atoms. The van der Waals surface area contributed by atoms with Gasteiger partial charge >= 0.3 is 6.18 Å². The zero-order chi connectivity index (χ0) is 13.1. The summed E-state index contributed by atoms with van der Waals surface area (Å²) in [5, 5.41) is 6.95. The molecule has 0 fully saturated rings. The van der Waals surface area contributed by atoms with Crippen LogP contribution in [0.5, 0.6) is 0 Å². The Balaban J connectivity index is 2.80. The monoisotopic (exact) mass is 251 g/mol. The standard InChI is InChI=1S/C8H12F3N5O/c1-15-4-6(13-14-15)7(17)16(3-2-12)5-8(9,10)11/h4H,2-3,5,12H2,1H3. The van der Waals surface area contributed by atoms with Gasteiger partial charge in [0.05, 0.1) is 6.20 Å². The number of nitrogens with zero attached hydrogens (tertiary/aromatic N) is 4. The zero-order valence-corrected chi connectivity index (χ0v) is 9.11. The van der Waals surface area contributed by atoms with Crippen molar-refractivity contribution < 1.29 is 18.0 Å². The highest BCUT2D eigenvalue weighted by Gasteiger charge is 2.33. The largest absolute Gasteiger partial charge is 0.406 e. The smallest absolute Gasteiger partial charge is 0.329 e. The fraction of sp³-hybridized carbons (Fsp3) is 0.625. The molecule has 17 heavy (non-hydrogen) atoms. The number of aryl methyl sites for hydroxylation is 1. The highest BCUT2D eigenvalue weighted by Crippen LogP contribution is 2.17. The summed E-state index contributed by atoms with van der Waals surface area (Å²) in [4.78, 5) is 12.3. The molecular formula is C8H12F3N5O. The van der Waals surface area contributed by atoms with Gasteiger partial charge in [0, 0.05) is 20.1 Å². The van der Waals surface area contributed by atoms with E-state index in [2.05, 4.69) is 10.3 Å². The van der Waals surface area contributed by atoms with Crippen molar-refractivity contribution in [3.63, 3.8) is 0 Å². The van der Waals surface area contributed by atoms with E-state index in [1.54, 1.807) is 0 Å². The lowest BCUT2D eigenvalue weighted by molar-refractivity contribution is -0.140. The summed E-state index contributed by atoms with van der Waals surface area (Å²) in [7, 11) is 1.51. The number of hydrogen-bond acceptors (Lipinski definition) is 4. The van der Waals surface area contributed by atoms with E-state index in [9.17, 15) is 18.0 Å². The SMILES string of the molecule is Cn1cc(C(=O)N(CCN)CC(F)(F)F)nn1. The summed E-state index contributed by atoms with van der Waals surface area (Å²) < 4.78 is 37.9. The Morgan fingerprint density at radius 3 is 2.65 bits per heavy atom. The average molecular weight is 251 g/mol. The molecule has 0 unspecified atom stereocenters. The van der Waals surface area contributed by atoms with Crippen LogP contribution in [0, 0.1) is 0 Å². The van der Waals surface area contributed by atoms with E-state index in [-0.39, 0.29) is 18.8 Å². The molecular weight excluding hydrogens is 239 g/mol. The van der Waals surface area contributed by atoms with Gasteiger partial charge in [0.25, 0.3) is 5.91 Å². The van der Waals surface area contributed by atoms with E-state index < -0.39 is 18.6 Å². The maximum absolute atomic E-state index is 12.2. The van der Waals surface area contributed by atoms with Gasteiger partial charge in [-0.1, -0.05) is 5.21 Å². The molecule has 1 aromatic heterocycles. The molecule has 1 aromatic rings. The highest BCUT2D eigenvalue weighted by atomic mass is 19.4. The number of amides is 1. The van der Waals surface area contributed by atoms with E-state index in [1.807, 2.05) is 0 Å². The molecule has 1 rings (SSSR count). The molecule has 0 saturated carbocycles. The summed E-state index contributed by atoms with van der Waals surface area (Å²) in [5.41, 5.74) is 5.03. The fourth-order valence-electron chi connectivity index (χ4n) is 1.23. The lowest BCUT2D eigenvalue weighted by Crippen LogP contribution is -2.41. The van der Waals surface area contributed by atoms with E-state index in [0.29, 0.717) is 4.90 Å². The summed E-state index contributed by atoms with van der Waals surface area (Å²) >= 11 is 0. The van der Waals surface area contributed by atoms with Gasteiger partial charge in [-0.3, -0.25) is 9.48 Å². The first kappa shape index (κ1) is 13.4. The van der Waals surface area contributed by atoms with Gasteiger partial charge in [0.15, 0.2) is 5.69 Å². The van der Waals surface area contributed by atoms with E-state index in [4.69, 9.17) is 5.73 Å². The third kappa shape index (κ3) is 4.02. The van der Waals surface area contributed by atoms with Gasteiger partial charge in [-0.15, -0.1) is 5.10 Å².